The van der Waals surface area contributed by atoms with Crippen LogP contribution in [0.15, 0.2) is 9.32 Å². The van der Waals surface area contributed by atoms with Gasteiger partial charge in [0.2, 0.25) is 0 Å². The van der Waals surface area contributed by atoms with Crippen molar-refractivity contribution in [1.29, 1.82) is 0 Å². The van der Waals surface area contributed by atoms with Gasteiger partial charge in [-0.25, -0.2) is 18.9 Å². The first kappa shape index (κ1) is 14.2. The molecule has 0 unspecified atom stereocenters. The standard InChI is InChI=1S/C16H19N5O2/c1-4-14-17-13-7-5-6-11(13)15-18-20(16(22)21(14)15)8-12-9(2)19-23-10(12)3/h4-8H2,1-3H3. The molecule has 0 saturated heterocycles. The molecule has 23 heavy (non-hydrogen) atoms. The largest absolute Gasteiger partial charge is 0.361 e. The minimum absolute atomic E-state index is 0.140. The van der Waals surface area contributed by atoms with Crippen LogP contribution in [0, 0.1) is 13.8 Å². The third kappa shape index (κ3) is 2.03. The van der Waals surface area contributed by atoms with Gasteiger partial charge in [0.25, 0.3) is 0 Å². The van der Waals surface area contributed by atoms with Gasteiger partial charge in [0, 0.05) is 23.2 Å². The highest BCUT2D eigenvalue weighted by atomic mass is 16.5. The highest BCUT2D eigenvalue weighted by molar-refractivity contribution is 5.51. The molecule has 3 aromatic rings. The minimum Gasteiger partial charge on any atom is -0.361 e. The summed E-state index contributed by atoms with van der Waals surface area (Å²) in [5.41, 5.74) is 4.56. The average Bonchev–Trinajstić information content (AvgIpc) is 3.21. The van der Waals surface area contributed by atoms with E-state index in [-0.39, 0.29) is 5.69 Å². The Bertz CT molecular complexity index is 944. The predicted octanol–water partition coefficient (Wildman–Crippen LogP) is 1.60. The molecule has 0 radical (unpaired) electrons. The van der Waals surface area contributed by atoms with Gasteiger partial charge in [-0.1, -0.05) is 12.1 Å². The van der Waals surface area contributed by atoms with E-state index in [9.17, 15) is 4.79 Å². The van der Waals surface area contributed by atoms with E-state index in [1.165, 1.54) is 4.68 Å². The molecule has 3 aromatic heterocycles. The fourth-order valence-corrected chi connectivity index (χ4v) is 3.35. The maximum Gasteiger partial charge on any atom is 0.352 e. The Morgan fingerprint density at radius 3 is 2.78 bits per heavy atom. The highest BCUT2D eigenvalue weighted by Crippen LogP contribution is 2.24. The zero-order valence-corrected chi connectivity index (χ0v) is 13.6. The maximum absolute atomic E-state index is 12.8. The lowest BCUT2D eigenvalue weighted by Crippen LogP contribution is -2.24. The van der Waals surface area contributed by atoms with Crippen molar-refractivity contribution >= 4 is 5.65 Å². The van der Waals surface area contributed by atoms with E-state index in [1.807, 2.05) is 20.8 Å². The lowest BCUT2D eigenvalue weighted by Gasteiger charge is -2.04. The van der Waals surface area contributed by atoms with Crippen LogP contribution in [0.4, 0.5) is 0 Å². The normalized spacial score (nSPS) is 13.9. The lowest BCUT2D eigenvalue weighted by atomic mass is 10.2. The number of hydrogen-bond acceptors (Lipinski definition) is 5. The highest BCUT2D eigenvalue weighted by Gasteiger charge is 2.23. The van der Waals surface area contributed by atoms with Crippen LogP contribution >= 0.6 is 0 Å². The zero-order valence-electron chi connectivity index (χ0n) is 13.6. The smallest absolute Gasteiger partial charge is 0.352 e. The van der Waals surface area contributed by atoms with Gasteiger partial charge in [-0.05, 0) is 33.1 Å². The molecule has 0 N–H and O–H groups in total. The topological polar surface area (TPSA) is 78.2 Å². The van der Waals surface area contributed by atoms with Gasteiger partial charge in [0.1, 0.15) is 11.6 Å². The zero-order chi connectivity index (χ0) is 16.1. The summed E-state index contributed by atoms with van der Waals surface area (Å²) in [6.07, 6.45) is 3.71. The SMILES string of the molecule is CCc1nc2c(c3nn(Cc4c(C)noc4C)c(=O)n13)CCC2. The average molecular weight is 313 g/mol. The van der Waals surface area contributed by atoms with Crippen LogP contribution in [0.3, 0.4) is 0 Å². The summed E-state index contributed by atoms with van der Waals surface area (Å²) >= 11 is 0. The number of hydrogen-bond donors (Lipinski definition) is 0. The molecule has 0 atom stereocenters. The minimum atomic E-state index is -0.140. The number of nitrogens with zero attached hydrogens (tertiary/aromatic N) is 5. The molecule has 0 fully saturated rings. The van der Waals surface area contributed by atoms with Gasteiger partial charge in [0.05, 0.1) is 12.2 Å². The van der Waals surface area contributed by atoms with E-state index in [4.69, 9.17) is 4.52 Å². The van der Waals surface area contributed by atoms with E-state index in [0.29, 0.717) is 13.0 Å². The number of aryl methyl sites for hydroxylation is 5. The monoisotopic (exact) mass is 313 g/mol. The van der Waals surface area contributed by atoms with E-state index < -0.39 is 0 Å². The van der Waals surface area contributed by atoms with Crippen molar-refractivity contribution in [3.8, 4) is 0 Å². The van der Waals surface area contributed by atoms with Crippen molar-refractivity contribution in [1.82, 2.24) is 24.3 Å². The molecule has 0 spiro atoms. The van der Waals surface area contributed by atoms with Crippen molar-refractivity contribution in [2.45, 2.75) is 53.0 Å². The van der Waals surface area contributed by atoms with Crippen molar-refractivity contribution in [3.63, 3.8) is 0 Å². The molecule has 0 bridgehead atoms. The van der Waals surface area contributed by atoms with Gasteiger partial charge in [-0.3, -0.25) is 0 Å². The van der Waals surface area contributed by atoms with Crippen LogP contribution in [0.25, 0.3) is 5.65 Å². The van der Waals surface area contributed by atoms with Gasteiger partial charge < -0.3 is 4.52 Å². The molecule has 0 aliphatic heterocycles. The summed E-state index contributed by atoms with van der Waals surface area (Å²) in [5.74, 6) is 1.51. The van der Waals surface area contributed by atoms with Crippen LogP contribution in [0.1, 0.15) is 47.4 Å². The van der Waals surface area contributed by atoms with Gasteiger partial charge in [-0.2, -0.15) is 0 Å². The molecule has 0 aromatic carbocycles. The third-order valence-corrected chi connectivity index (χ3v) is 4.63. The second kappa shape index (κ2) is 5.04. The molecule has 4 rings (SSSR count). The van der Waals surface area contributed by atoms with Crippen molar-refractivity contribution in [3.05, 3.63) is 44.6 Å². The Labute approximate surface area is 132 Å². The summed E-state index contributed by atoms with van der Waals surface area (Å²) in [7, 11) is 0. The fourth-order valence-electron chi connectivity index (χ4n) is 3.35. The molecule has 7 heteroatoms. The molecule has 1 aliphatic rings. The number of fused-ring (bicyclic) bond motifs is 3. The van der Waals surface area contributed by atoms with Crippen molar-refractivity contribution in [2.24, 2.45) is 0 Å². The molecular formula is C16H19N5O2. The van der Waals surface area contributed by atoms with E-state index in [1.54, 1.807) is 4.40 Å². The van der Waals surface area contributed by atoms with Crippen LogP contribution in [-0.2, 0) is 25.8 Å². The Kier molecular flexibility index (Phi) is 3.11. The van der Waals surface area contributed by atoms with Crippen LogP contribution < -0.4 is 5.69 Å². The van der Waals surface area contributed by atoms with Crippen molar-refractivity contribution in [2.75, 3.05) is 0 Å². The summed E-state index contributed by atoms with van der Waals surface area (Å²) < 4.78 is 8.36. The Morgan fingerprint density at radius 2 is 2.09 bits per heavy atom. The Morgan fingerprint density at radius 1 is 1.26 bits per heavy atom. The molecule has 1 aliphatic carbocycles. The quantitative estimate of drug-likeness (QED) is 0.734. The Balaban J connectivity index is 1.93. The molecule has 0 amide bonds. The molecular weight excluding hydrogens is 294 g/mol. The number of aromatic nitrogens is 5. The second-order valence-corrected chi connectivity index (χ2v) is 6.06. The van der Waals surface area contributed by atoms with Crippen molar-refractivity contribution < 1.29 is 4.52 Å². The Hall–Kier alpha value is -2.44. The second-order valence-electron chi connectivity index (χ2n) is 6.06. The van der Waals surface area contributed by atoms with E-state index in [0.717, 1.165) is 59.0 Å². The summed E-state index contributed by atoms with van der Waals surface area (Å²) in [6, 6.07) is 0. The molecule has 7 nitrogen and oxygen atoms in total. The van der Waals surface area contributed by atoms with Gasteiger partial charge >= 0.3 is 5.69 Å². The summed E-state index contributed by atoms with van der Waals surface area (Å²) in [5, 5.41) is 8.56. The van der Waals surface area contributed by atoms with Crippen LogP contribution in [0.5, 0.6) is 0 Å². The van der Waals surface area contributed by atoms with Crippen LogP contribution in [-0.4, -0.2) is 24.3 Å². The number of rotatable bonds is 3. The van der Waals surface area contributed by atoms with E-state index in [2.05, 4.69) is 15.2 Å². The first-order valence-electron chi connectivity index (χ1n) is 8.02. The molecule has 0 saturated carbocycles. The summed E-state index contributed by atoms with van der Waals surface area (Å²) in [6.45, 7) is 6.12. The van der Waals surface area contributed by atoms with Crippen LogP contribution in [0.2, 0.25) is 0 Å². The van der Waals surface area contributed by atoms with Gasteiger partial charge in [0.15, 0.2) is 5.65 Å². The van der Waals surface area contributed by atoms with E-state index >= 15 is 0 Å². The summed E-state index contributed by atoms with van der Waals surface area (Å²) in [4.78, 5) is 17.5. The molecule has 3 heterocycles. The fraction of sp³-hybridized carbons (Fsp3) is 0.500. The lowest BCUT2D eigenvalue weighted by molar-refractivity contribution is 0.391. The maximum atomic E-state index is 12.8. The third-order valence-electron chi connectivity index (χ3n) is 4.63. The first-order valence-corrected chi connectivity index (χ1v) is 8.02. The first-order chi connectivity index (χ1) is 11.1. The van der Waals surface area contributed by atoms with Gasteiger partial charge in [-0.15, -0.1) is 5.10 Å². The predicted molar refractivity (Wildman–Crippen MR) is 83.7 cm³/mol. The molecule has 120 valence electrons.